The van der Waals surface area contributed by atoms with Gasteiger partial charge >= 0.3 is 34.5 Å². The van der Waals surface area contributed by atoms with Crippen molar-refractivity contribution in [3.8, 4) is 0 Å². The van der Waals surface area contributed by atoms with Gasteiger partial charge in [0.2, 0.25) is 56.4 Å². The first-order chi connectivity index (χ1) is 30.4. The maximum atomic E-state index is 14.7. The van der Waals surface area contributed by atoms with Crippen LogP contribution in [0.1, 0.15) is 74.7 Å². The molecule has 72 heavy (non-hydrogen) atoms. The van der Waals surface area contributed by atoms with Crippen LogP contribution in [-0.4, -0.2) is 169 Å². The second-order valence-corrected chi connectivity index (χ2v) is 21.5. The van der Waals surface area contributed by atoms with E-state index in [0.29, 0.717) is 41.5 Å². The summed E-state index contributed by atoms with van der Waals surface area (Å²) in [6.07, 6.45) is -16.1. The number of hydrogen-bond acceptors (Lipinski definition) is 28. The number of ketones is 6. The molecule has 0 aromatic rings. The number of rotatable bonds is 27. The first kappa shape index (κ1) is 74.0. The summed E-state index contributed by atoms with van der Waals surface area (Å²) in [6.45, 7) is 2.10. The summed E-state index contributed by atoms with van der Waals surface area (Å²) in [5, 5.41) is 0. The number of phosphoric acid groups is 1. The molecule has 2 heterocycles. The van der Waals surface area contributed by atoms with Gasteiger partial charge in [0, 0.05) is 55.4 Å². The molecular weight excluding hydrogens is 1080 g/mol. The highest BCUT2D eigenvalue weighted by atomic mass is 31.2. The summed E-state index contributed by atoms with van der Waals surface area (Å²) in [5.41, 5.74) is -15.2. The van der Waals surface area contributed by atoms with Crippen LogP contribution in [0.2, 0.25) is 0 Å². The molecule has 7 atom stereocenters. The molecule has 12 N–H and O–H groups in total. The molecule has 2 bridgehead atoms. The van der Waals surface area contributed by atoms with Crippen molar-refractivity contribution < 1.29 is 165 Å². The van der Waals surface area contributed by atoms with Gasteiger partial charge in [-0.1, -0.05) is 0 Å². The molecule has 1 spiro atoms. The van der Waals surface area contributed by atoms with Crippen LogP contribution in [0, 0.1) is 0 Å². The standard InChI is InChI=1S/C34H40O28P4.6H2O/c1-14(35)28(43)63(29(44)15(2)36)62-58-23-24(60-66(51,54-12-52-20(7)41)55-13-53-21(8)42)26-34(11-9-10-22(56-26)57-34)27(61-65(50,32(47)18(5)39)33(48)19(6)40)25(23)59-64(49,30(45)16(3)37)31(46)17(4)38;;;;;;/h22-27H,9-13H2,1-8H3;6*1H2. The average molecular weight is 1130 g/mol. The number of phosphoric ester groups is 1. The largest absolute Gasteiger partial charge is 0.481 e. The Balaban J connectivity index is -0.00000385. The number of carbonyl (C=O) groups excluding carboxylic acids is 14. The molecule has 2 aliphatic heterocycles. The molecular formula is C34H52O34P4. The van der Waals surface area contributed by atoms with Crippen molar-refractivity contribution in [1.29, 1.82) is 0 Å². The predicted molar refractivity (Wildman–Crippen MR) is 228 cm³/mol. The summed E-state index contributed by atoms with van der Waals surface area (Å²) >= 11 is 0. The van der Waals surface area contributed by atoms with E-state index in [1.54, 1.807) is 0 Å². The Morgan fingerprint density at radius 1 is 0.528 bits per heavy atom. The normalized spacial score (nSPS) is 21.7. The molecule has 3 aliphatic rings. The Morgan fingerprint density at radius 2 is 0.917 bits per heavy atom. The van der Waals surface area contributed by atoms with Crippen LogP contribution in [0.25, 0.3) is 0 Å². The summed E-state index contributed by atoms with van der Waals surface area (Å²) in [6, 6.07) is 0. The van der Waals surface area contributed by atoms with Gasteiger partial charge in [-0.2, -0.15) is 4.67 Å². The zero-order valence-corrected chi connectivity index (χ0v) is 42.3. The van der Waals surface area contributed by atoms with Crippen molar-refractivity contribution in [1.82, 2.24) is 0 Å². The molecule has 0 amide bonds. The van der Waals surface area contributed by atoms with Crippen molar-refractivity contribution in [2.45, 2.75) is 117 Å². The van der Waals surface area contributed by atoms with Gasteiger partial charge in [-0.3, -0.25) is 80.8 Å². The molecule has 3 rings (SSSR count). The molecule has 0 radical (unpaired) electrons. The Labute approximate surface area is 405 Å². The monoisotopic (exact) mass is 1130 g/mol. The third-order valence-electron chi connectivity index (χ3n) is 9.07. The molecule has 7 unspecified atom stereocenters. The highest BCUT2D eigenvalue weighted by Gasteiger charge is 2.73. The van der Waals surface area contributed by atoms with Gasteiger partial charge in [0.1, 0.15) is 30.0 Å². The molecule has 0 aromatic heterocycles. The van der Waals surface area contributed by atoms with E-state index < -0.39 is 173 Å². The molecule has 2 saturated heterocycles. The van der Waals surface area contributed by atoms with Crippen LogP contribution < -0.4 is 0 Å². The van der Waals surface area contributed by atoms with Gasteiger partial charge in [0.15, 0.2) is 12.4 Å². The topological polar surface area (TPSA) is 581 Å². The first-order valence-electron chi connectivity index (χ1n) is 18.6. The number of fused-ring (bicyclic) bond motifs is 1. The summed E-state index contributed by atoms with van der Waals surface area (Å²) in [4.78, 5) is 183. The van der Waals surface area contributed by atoms with E-state index >= 15 is 0 Å². The summed E-state index contributed by atoms with van der Waals surface area (Å²) in [7, 11) is -22.0. The average Bonchev–Trinajstić information content (AvgIpc) is 3.49. The van der Waals surface area contributed by atoms with Crippen molar-refractivity contribution in [2.75, 3.05) is 13.6 Å². The zero-order chi connectivity index (χ0) is 50.4. The predicted octanol–water partition coefficient (Wildman–Crippen LogP) is -3.98. The maximum absolute atomic E-state index is 14.7. The Kier molecular flexibility index (Phi) is 30.2. The smallest absolute Gasteiger partial charge is 0.438 e. The number of ether oxygens (including phenoxy) is 4. The van der Waals surface area contributed by atoms with Gasteiger partial charge in [-0.05, 0) is 19.3 Å². The number of Topliss-reactive ketones (excluding diaryl/α,β-unsaturated/α-hetero) is 6. The Hall–Kier alpha value is -4.50. The van der Waals surface area contributed by atoms with E-state index in [9.17, 15) is 80.8 Å². The van der Waals surface area contributed by atoms with Crippen molar-refractivity contribution >= 4 is 110 Å². The van der Waals surface area contributed by atoms with Crippen molar-refractivity contribution in [2.24, 2.45) is 0 Å². The molecule has 38 heteroatoms. The minimum Gasteiger partial charge on any atom is -0.438 e. The highest BCUT2D eigenvalue weighted by molar-refractivity contribution is 7.95. The van der Waals surface area contributed by atoms with E-state index in [1.165, 1.54) is 0 Å². The molecule has 1 saturated carbocycles. The van der Waals surface area contributed by atoms with Gasteiger partial charge in [0.25, 0.3) is 33.1 Å². The molecule has 0 aromatic carbocycles. The minimum absolute atomic E-state index is 0. The van der Waals surface area contributed by atoms with Crippen LogP contribution in [0.5, 0.6) is 0 Å². The van der Waals surface area contributed by atoms with Crippen LogP contribution in [0.15, 0.2) is 0 Å². The van der Waals surface area contributed by atoms with E-state index in [4.69, 9.17) is 41.7 Å². The maximum Gasteiger partial charge on any atom is 0.481 e. The van der Waals surface area contributed by atoms with Gasteiger partial charge in [-0.25, -0.2) is 18.5 Å². The Morgan fingerprint density at radius 3 is 1.28 bits per heavy atom. The van der Waals surface area contributed by atoms with E-state index in [0.717, 1.165) is 13.8 Å². The minimum atomic E-state index is -6.35. The zero-order valence-electron chi connectivity index (χ0n) is 38.7. The van der Waals surface area contributed by atoms with E-state index in [1.807, 2.05) is 0 Å². The Bertz CT molecular complexity index is 2200. The fourth-order valence-corrected chi connectivity index (χ4v) is 12.0. The van der Waals surface area contributed by atoms with Crippen LogP contribution >= 0.6 is 30.7 Å². The van der Waals surface area contributed by atoms with Gasteiger partial charge in [0.05, 0.1) is 0 Å². The van der Waals surface area contributed by atoms with Crippen molar-refractivity contribution in [3.63, 3.8) is 0 Å². The SMILES string of the molecule is CC(=O)OCOP(=O)(OCOC(C)=O)OC1C(OOP(C(=O)C(C)=O)C(=O)C(C)=O)C(OP(=O)(C(=O)C(C)=O)C(=O)C(C)=O)C(OP(=O)(C(=O)C(C)=O)C(=O)C(C)=O)C23CCCC(OC12)O3.O.O.O.O.O.O. The van der Waals surface area contributed by atoms with Gasteiger partial charge in [-0.15, -0.1) is 0 Å². The van der Waals surface area contributed by atoms with Crippen LogP contribution in [-0.2, 0) is 132 Å². The summed E-state index contributed by atoms with van der Waals surface area (Å²) < 4.78 is 97.1. The second kappa shape index (κ2) is 29.4. The fraction of sp³-hybridized carbons (Fsp3) is 0.588. The second-order valence-electron chi connectivity index (χ2n) is 14.0. The third kappa shape index (κ3) is 16.2. The number of esters is 2. The lowest BCUT2D eigenvalue weighted by molar-refractivity contribution is -0.318. The lowest BCUT2D eigenvalue weighted by atomic mass is 9.72. The molecule has 1 aliphatic carbocycles. The van der Waals surface area contributed by atoms with E-state index in [2.05, 4.69) is 9.47 Å². The van der Waals surface area contributed by atoms with Crippen LogP contribution in [0.3, 0.4) is 0 Å². The first-order valence-corrected chi connectivity index (χ1v) is 24.6. The fourth-order valence-electron chi connectivity index (χ4n) is 6.19. The molecule has 412 valence electrons. The highest BCUT2D eigenvalue weighted by Crippen LogP contribution is 2.64. The summed E-state index contributed by atoms with van der Waals surface area (Å²) in [5.74, 6) is -12.0. The molecule has 3 fully saturated rings. The number of hydrogen-bond donors (Lipinski definition) is 0. The van der Waals surface area contributed by atoms with Gasteiger partial charge < -0.3 is 60.9 Å². The number of carbonyl (C=O) groups is 14. The van der Waals surface area contributed by atoms with E-state index in [-0.39, 0.29) is 45.7 Å². The third-order valence-corrected chi connectivity index (χ3v) is 16.5. The quantitative estimate of drug-likeness (QED) is 0.0189. The lowest BCUT2D eigenvalue weighted by Gasteiger charge is -2.52. The van der Waals surface area contributed by atoms with Crippen LogP contribution in [0.4, 0.5) is 0 Å². The lowest BCUT2D eigenvalue weighted by Crippen LogP contribution is -2.71. The van der Waals surface area contributed by atoms with Crippen molar-refractivity contribution in [3.05, 3.63) is 0 Å². The molecule has 34 nitrogen and oxygen atoms in total.